The normalized spacial score (nSPS) is 25.6. The molecule has 12 heavy (non-hydrogen) atoms. The quantitative estimate of drug-likeness (QED) is 0.679. The van der Waals surface area contributed by atoms with Crippen LogP contribution in [0.3, 0.4) is 0 Å². The molecule has 0 aromatic carbocycles. The van der Waals surface area contributed by atoms with Gasteiger partial charge in [-0.1, -0.05) is 13.2 Å². The molecule has 68 valence electrons. The molecule has 2 nitrogen and oxygen atoms in total. The molecule has 1 N–H and O–H groups in total. The zero-order valence-electron chi connectivity index (χ0n) is 7.38. The smallest absolute Gasteiger partial charge is 0.0843 e. The van der Waals surface area contributed by atoms with Crippen LogP contribution in [0.25, 0.3) is 0 Å². The maximum Gasteiger partial charge on any atom is 0.0843 e. The second kappa shape index (κ2) is 4.43. The Morgan fingerprint density at radius 2 is 2.25 bits per heavy atom. The molecule has 1 heterocycles. The molecule has 0 bridgehead atoms. The molecule has 0 radical (unpaired) electrons. The van der Waals surface area contributed by atoms with Gasteiger partial charge >= 0.3 is 0 Å². The second-order valence-electron chi connectivity index (χ2n) is 3.10. The van der Waals surface area contributed by atoms with Crippen molar-refractivity contribution in [3.63, 3.8) is 0 Å². The van der Waals surface area contributed by atoms with E-state index in [1.807, 2.05) is 0 Å². The Labute approximate surface area is 73.5 Å². The molecule has 0 amide bonds. The molecule has 2 heteroatoms. The monoisotopic (exact) mass is 168 g/mol. The van der Waals surface area contributed by atoms with E-state index in [1.165, 1.54) is 0 Å². The first-order valence-corrected chi connectivity index (χ1v) is 4.35. The minimum absolute atomic E-state index is 0.00926. The molecule has 0 saturated carbocycles. The zero-order valence-corrected chi connectivity index (χ0v) is 7.38. The van der Waals surface area contributed by atoms with Gasteiger partial charge in [0.15, 0.2) is 0 Å². The van der Waals surface area contributed by atoms with Crippen LogP contribution in [0, 0.1) is 0 Å². The van der Waals surface area contributed by atoms with E-state index >= 15 is 0 Å². The van der Waals surface area contributed by atoms with Crippen LogP contribution in [0.15, 0.2) is 24.3 Å². The molecule has 0 aromatic rings. The number of ether oxygens (including phenoxy) is 1. The predicted molar refractivity (Wildman–Crippen MR) is 49.0 cm³/mol. The lowest BCUT2D eigenvalue weighted by molar-refractivity contribution is 0.0656. The summed E-state index contributed by atoms with van der Waals surface area (Å²) >= 11 is 0. The summed E-state index contributed by atoms with van der Waals surface area (Å²) in [6.07, 6.45) is 2.61. The number of aliphatic hydroxyl groups excluding tert-OH is 1. The molecular weight excluding hydrogens is 152 g/mol. The third-order valence-electron chi connectivity index (χ3n) is 2.18. The van der Waals surface area contributed by atoms with Crippen LogP contribution in [0.1, 0.15) is 19.3 Å². The van der Waals surface area contributed by atoms with Gasteiger partial charge < -0.3 is 9.84 Å². The van der Waals surface area contributed by atoms with Crippen molar-refractivity contribution in [1.29, 1.82) is 0 Å². The average molecular weight is 168 g/mol. The van der Waals surface area contributed by atoms with E-state index in [4.69, 9.17) is 9.84 Å². The van der Waals surface area contributed by atoms with Gasteiger partial charge in [0.1, 0.15) is 0 Å². The van der Waals surface area contributed by atoms with Crippen molar-refractivity contribution in [2.24, 2.45) is 0 Å². The third-order valence-corrected chi connectivity index (χ3v) is 2.18. The van der Waals surface area contributed by atoms with Crippen molar-refractivity contribution in [3.8, 4) is 0 Å². The minimum Gasteiger partial charge on any atom is -0.396 e. The third kappa shape index (κ3) is 2.19. The minimum atomic E-state index is -0.00926. The van der Waals surface area contributed by atoms with Gasteiger partial charge in [0.2, 0.25) is 0 Å². The summed E-state index contributed by atoms with van der Waals surface area (Å²) in [7, 11) is 0. The fourth-order valence-corrected chi connectivity index (χ4v) is 1.37. The molecular formula is C10H16O2. The highest BCUT2D eigenvalue weighted by atomic mass is 16.5. The van der Waals surface area contributed by atoms with Gasteiger partial charge in [0.05, 0.1) is 6.10 Å². The molecule has 1 aliphatic heterocycles. The van der Waals surface area contributed by atoms with Gasteiger partial charge in [-0.2, -0.15) is 0 Å². The van der Waals surface area contributed by atoms with Crippen LogP contribution in [-0.2, 0) is 4.74 Å². The van der Waals surface area contributed by atoms with Gasteiger partial charge in [-0.15, -0.1) is 0 Å². The Hall–Kier alpha value is -0.600. The molecule has 1 saturated heterocycles. The molecule has 1 aliphatic rings. The van der Waals surface area contributed by atoms with Gasteiger partial charge in [-0.05, 0) is 24.0 Å². The Morgan fingerprint density at radius 1 is 1.50 bits per heavy atom. The molecule has 1 atom stereocenters. The van der Waals surface area contributed by atoms with E-state index in [0.717, 1.165) is 30.6 Å². The lowest BCUT2D eigenvalue weighted by Gasteiger charge is -2.16. The molecule has 0 unspecified atom stereocenters. The Kier molecular flexibility index (Phi) is 3.50. The summed E-state index contributed by atoms with van der Waals surface area (Å²) in [5.41, 5.74) is 2.03. The summed E-state index contributed by atoms with van der Waals surface area (Å²) in [6.45, 7) is 8.75. The van der Waals surface area contributed by atoms with E-state index < -0.39 is 0 Å². The maximum absolute atomic E-state index is 8.76. The first-order chi connectivity index (χ1) is 5.75. The van der Waals surface area contributed by atoms with Crippen LogP contribution in [0.2, 0.25) is 0 Å². The molecule has 1 fully saturated rings. The molecule has 0 aromatic heterocycles. The van der Waals surface area contributed by atoms with Crippen molar-refractivity contribution in [2.45, 2.75) is 25.4 Å². The molecule has 0 aliphatic carbocycles. The van der Waals surface area contributed by atoms with Gasteiger partial charge in [0, 0.05) is 19.6 Å². The summed E-state index contributed by atoms with van der Waals surface area (Å²) in [5.74, 6) is 0. The SMILES string of the molecule is C=C1CCCO[C@@H](CCO)C1=C. The Morgan fingerprint density at radius 3 is 2.92 bits per heavy atom. The van der Waals surface area contributed by atoms with Crippen LogP contribution in [0.4, 0.5) is 0 Å². The average Bonchev–Trinajstić information content (AvgIpc) is 2.20. The summed E-state index contributed by atoms with van der Waals surface area (Å²) < 4.78 is 5.51. The standard InChI is InChI=1S/C10H16O2/c1-8-4-3-7-12-10(5-6-11)9(8)2/h10-11H,1-7H2/t10-/m0/s1. The lowest BCUT2D eigenvalue weighted by Crippen LogP contribution is -2.16. The fraction of sp³-hybridized carbons (Fsp3) is 0.600. The Balaban J connectivity index is 2.58. The second-order valence-corrected chi connectivity index (χ2v) is 3.10. The predicted octanol–water partition coefficient (Wildman–Crippen LogP) is 1.66. The van der Waals surface area contributed by atoms with Crippen molar-refractivity contribution in [2.75, 3.05) is 13.2 Å². The number of hydrogen-bond donors (Lipinski definition) is 1. The van der Waals surface area contributed by atoms with Crippen molar-refractivity contribution in [3.05, 3.63) is 24.3 Å². The van der Waals surface area contributed by atoms with E-state index in [1.54, 1.807) is 0 Å². The van der Waals surface area contributed by atoms with E-state index in [0.29, 0.717) is 6.42 Å². The Bertz CT molecular complexity index is 184. The highest BCUT2D eigenvalue weighted by Gasteiger charge is 2.17. The van der Waals surface area contributed by atoms with E-state index in [-0.39, 0.29) is 12.7 Å². The molecule has 1 rings (SSSR count). The van der Waals surface area contributed by atoms with Crippen LogP contribution >= 0.6 is 0 Å². The molecule has 0 spiro atoms. The largest absolute Gasteiger partial charge is 0.396 e. The van der Waals surface area contributed by atoms with Gasteiger partial charge in [-0.3, -0.25) is 0 Å². The number of aliphatic hydroxyl groups is 1. The first kappa shape index (κ1) is 9.49. The van der Waals surface area contributed by atoms with E-state index in [2.05, 4.69) is 13.2 Å². The fourth-order valence-electron chi connectivity index (χ4n) is 1.37. The van der Waals surface area contributed by atoms with Crippen molar-refractivity contribution in [1.82, 2.24) is 0 Å². The highest BCUT2D eigenvalue weighted by Crippen LogP contribution is 2.23. The summed E-state index contributed by atoms with van der Waals surface area (Å²) in [6, 6.07) is 0. The van der Waals surface area contributed by atoms with Crippen LogP contribution in [-0.4, -0.2) is 24.4 Å². The van der Waals surface area contributed by atoms with Crippen LogP contribution < -0.4 is 0 Å². The highest BCUT2D eigenvalue weighted by molar-refractivity contribution is 5.29. The van der Waals surface area contributed by atoms with Crippen molar-refractivity contribution < 1.29 is 9.84 Å². The van der Waals surface area contributed by atoms with Gasteiger partial charge in [-0.25, -0.2) is 0 Å². The van der Waals surface area contributed by atoms with Gasteiger partial charge in [0.25, 0.3) is 0 Å². The number of hydrogen-bond acceptors (Lipinski definition) is 2. The first-order valence-electron chi connectivity index (χ1n) is 4.35. The summed E-state index contributed by atoms with van der Waals surface area (Å²) in [4.78, 5) is 0. The number of rotatable bonds is 2. The van der Waals surface area contributed by atoms with E-state index in [9.17, 15) is 0 Å². The van der Waals surface area contributed by atoms with Crippen LogP contribution in [0.5, 0.6) is 0 Å². The maximum atomic E-state index is 8.76. The summed E-state index contributed by atoms with van der Waals surface area (Å²) in [5, 5.41) is 8.76. The van der Waals surface area contributed by atoms with Crippen molar-refractivity contribution >= 4 is 0 Å². The zero-order chi connectivity index (χ0) is 8.97. The lowest BCUT2D eigenvalue weighted by atomic mass is 9.99. The topological polar surface area (TPSA) is 29.5 Å².